The number of aromatic nitrogens is 2. The summed E-state index contributed by atoms with van der Waals surface area (Å²) in [6, 6.07) is 11.4. The summed E-state index contributed by atoms with van der Waals surface area (Å²) in [6.07, 6.45) is 1.57. The van der Waals surface area contributed by atoms with Crippen molar-refractivity contribution < 1.29 is 4.42 Å². The molecule has 2 heterocycles. The molecule has 0 radical (unpaired) electrons. The number of oxazole rings is 1. The number of nitrogens with two attached hydrogens (primary N) is 1. The predicted octanol–water partition coefficient (Wildman–Crippen LogP) is 2.47. The first-order chi connectivity index (χ1) is 7.83. The highest BCUT2D eigenvalue weighted by Gasteiger charge is 2.08. The van der Waals surface area contributed by atoms with Crippen molar-refractivity contribution in [1.82, 2.24) is 9.97 Å². The second-order valence-electron chi connectivity index (χ2n) is 3.48. The molecule has 0 saturated heterocycles. The molecule has 0 saturated carbocycles. The molecule has 16 heavy (non-hydrogen) atoms. The van der Waals surface area contributed by atoms with Gasteiger partial charge < -0.3 is 10.2 Å². The SMILES string of the molecule is Nc1cnc2nc(-c3ccccc3)oc2c1. The van der Waals surface area contributed by atoms with Crippen LogP contribution in [0, 0.1) is 0 Å². The molecule has 3 rings (SSSR count). The van der Waals surface area contributed by atoms with Gasteiger partial charge in [0.1, 0.15) is 0 Å². The number of benzene rings is 1. The Balaban J connectivity index is 2.19. The third-order valence-corrected chi connectivity index (χ3v) is 2.29. The highest BCUT2D eigenvalue weighted by Crippen LogP contribution is 2.23. The van der Waals surface area contributed by atoms with Gasteiger partial charge in [-0.3, -0.25) is 0 Å². The number of fused-ring (bicyclic) bond motifs is 1. The lowest BCUT2D eigenvalue weighted by molar-refractivity contribution is 0.620. The molecule has 0 unspecified atom stereocenters. The Hall–Kier alpha value is -2.36. The van der Waals surface area contributed by atoms with E-state index in [2.05, 4.69) is 9.97 Å². The number of rotatable bonds is 1. The van der Waals surface area contributed by atoms with Crippen molar-refractivity contribution in [2.45, 2.75) is 0 Å². The molecule has 78 valence electrons. The first-order valence-electron chi connectivity index (χ1n) is 4.90. The smallest absolute Gasteiger partial charge is 0.228 e. The van der Waals surface area contributed by atoms with Gasteiger partial charge in [0.2, 0.25) is 5.89 Å². The van der Waals surface area contributed by atoms with Crippen LogP contribution in [0.5, 0.6) is 0 Å². The monoisotopic (exact) mass is 211 g/mol. The fourth-order valence-electron chi connectivity index (χ4n) is 1.54. The quantitative estimate of drug-likeness (QED) is 0.671. The number of nitrogens with zero attached hydrogens (tertiary/aromatic N) is 2. The Bertz CT molecular complexity index is 631. The first-order valence-corrected chi connectivity index (χ1v) is 4.90. The summed E-state index contributed by atoms with van der Waals surface area (Å²) in [5, 5.41) is 0. The van der Waals surface area contributed by atoms with Gasteiger partial charge in [-0.1, -0.05) is 18.2 Å². The molecular weight excluding hydrogens is 202 g/mol. The molecule has 0 bridgehead atoms. The van der Waals surface area contributed by atoms with Gasteiger partial charge in [0, 0.05) is 11.6 Å². The molecule has 0 atom stereocenters. The molecule has 0 amide bonds. The number of pyridine rings is 1. The molecule has 3 aromatic rings. The summed E-state index contributed by atoms with van der Waals surface area (Å²) in [5.41, 5.74) is 8.31. The molecule has 0 spiro atoms. The van der Waals surface area contributed by atoms with Gasteiger partial charge in [-0.25, -0.2) is 4.98 Å². The van der Waals surface area contributed by atoms with Crippen molar-refractivity contribution in [2.24, 2.45) is 0 Å². The summed E-state index contributed by atoms with van der Waals surface area (Å²) < 4.78 is 5.58. The van der Waals surface area contributed by atoms with Gasteiger partial charge >= 0.3 is 0 Å². The fraction of sp³-hybridized carbons (Fsp3) is 0. The fourth-order valence-corrected chi connectivity index (χ4v) is 1.54. The topological polar surface area (TPSA) is 64.9 Å². The van der Waals surface area contributed by atoms with Crippen LogP contribution in [-0.2, 0) is 0 Å². The van der Waals surface area contributed by atoms with E-state index in [-0.39, 0.29) is 0 Å². The summed E-state index contributed by atoms with van der Waals surface area (Å²) in [6.45, 7) is 0. The second kappa shape index (κ2) is 3.34. The number of hydrogen-bond donors (Lipinski definition) is 1. The summed E-state index contributed by atoms with van der Waals surface area (Å²) in [5.74, 6) is 0.564. The lowest BCUT2D eigenvalue weighted by Gasteiger charge is -1.91. The first kappa shape index (κ1) is 8.91. The third-order valence-electron chi connectivity index (χ3n) is 2.29. The Morgan fingerprint density at radius 3 is 2.75 bits per heavy atom. The molecule has 0 aliphatic carbocycles. The maximum atomic E-state index is 5.62. The molecule has 4 heteroatoms. The average Bonchev–Trinajstić information content (AvgIpc) is 2.73. The largest absolute Gasteiger partial charge is 0.434 e. The van der Waals surface area contributed by atoms with Crippen LogP contribution in [0.4, 0.5) is 5.69 Å². The minimum atomic E-state index is 0.564. The Labute approximate surface area is 91.7 Å². The maximum Gasteiger partial charge on any atom is 0.228 e. The molecule has 2 aromatic heterocycles. The highest BCUT2D eigenvalue weighted by atomic mass is 16.3. The van der Waals surface area contributed by atoms with Crippen LogP contribution >= 0.6 is 0 Å². The van der Waals surface area contributed by atoms with E-state index >= 15 is 0 Å². The van der Waals surface area contributed by atoms with Crippen molar-refractivity contribution in [3.63, 3.8) is 0 Å². The second-order valence-corrected chi connectivity index (χ2v) is 3.48. The van der Waals surface area contributed by atoms with E-state index in [9.17, 15) is 0 Å². The van der Waals surface area contributed by atoms with E-state index in [4.69, 9.17) is 10.2 Å². The summed E-state index contributed by atoms with van der Waals surface area (Å²) in [7, 11) is 0. The van der Waals surface area contributed by atoms with Crippen LogP contribution in [0.25, 0.3) is 22.7 Å². The van der Waals surface area contributed by atoms with E-state index in [0.717, 1.165) is 5.56 Å². The van der Waals surface area contributed by atoms with Crippen LogP contribution < -0.4 is 5.73 Å². The van der Waals surface area contributed by atoms with Gasteiger partial charge in [0.25, 0.3) is 0 Å². The molecule has 1 aromatic carbocycles. The number of anilines is 1. The molecule has 0 aliphatic rings. The lowest BCUT2D eigenvalue weighted by Crippen LogP contribution is -1.85. The van der Waals surface area contributed by atoms with Gasteiger partial charge in [-0.05, 0) is 12.1 Å². The zero-order chi connectivity index (χ0) is 11.0. The molecule has 0 fully saturated rings. The van der Waals surface area contributed by atoms with Crippen molar-refractivity contribution in [2.75, 3.05) is 5.73 Å². The Morgan fingerprint density at radius 2 is 1.94 bits per heavy atom. The van der Waals surface area contributed by atoms with Crippen LogP contribution in [-0.4, -0.2) is 9.97 Å². The molecule has 0 aliphatic heterocycles. The van der Waals surface area contributed by atoms with Crippen molar-refractivity contribution >= 4 is 16.9 Å². The van der Waals surface area contributed by atoms with Crippen molar-refractivity contribution in [3.05, 3.63) is 42.6 Å². The Morgan fingerprint density at radius 1 is 1.12 bits per heavy atom. The van der Waals surface area contributed by atoms with Gasteiger partial charge in [0.15, 0.2) is 11.2 Å². The lowest BCUT2D eigenvalue weighted by atomic mass is 10.2. The zero-order valence-corrected chi connectivity index (χ0v) is 8.42. The van der Waals surface area contributed by atoms with Gasteiger partial charge in [-0.2, -0.15) is 4.98 Å². The average molecular weight is 211 g/mol. The van der Waals surface area contributed by atoms with E-state index < -0.39 is 0 Å². The number of nitrogen functional groups attached to an aromatic ring is 1. The maximum absolute atomic E-state index is 5.62. The van der Waals surface area contributed by atoms with Crippen LogP contribution in [0.3, 0.4) is 0 Å². The van der Waals surface area contributed by atoms with Crippen molar-refractivity contribution in [1.29, 1.82) is 0 Å². The number of hydrogen-bond acceptors (Lipinski definition) is 4. The van der Waals surface area contributed by atoms with E-state index in [1.54, 1.807) is 12.3 Å². The standard InChI is InChI=1S/C12H9N3O/c13-9-6-10-11(14-7-9)15-12(16-10)8-4-2-1-3-5-8/h1-7H,13H2. The molecule has 4 nitrogen and oxygen atoms in total. The van der Waals surface area contributed by atoms with Crippen LogP contribution in [0.1, 0.15) is 0 Å². The van der Waals surface area contributed by atoms with Gasteiger partial charge in [-0.15, -0.1) is 0 Å². The Kier molecular flexibility index (Phi) is 1.86. The predicted molar refractivity (Wildman–Crippen MR) is 61.7 cm³/mol. The van der Waals surface area contributed by atoms with Gasteiger partial charge in [0.05, 0.1) is 11.9 Å². The van der Waals surface area contributed by atoms with Crippen molar-refractivity contribution in [3.8, 4) is 11.5 Å². The summed E-state index contributed by atoms with van der Waals surface area (Å²) in [4.78, 5) is 8.39. The molecule has 2 N–H and O–H groups in total. The third kappa shape index (κ3) is 1.40. The minimum Gasteiger partial charge on any atom is -0.434 e. The van der Waals surface area contributed by atoms with E-state index in [1.807, 2.05) is 30.3 Å². The highest BCUT2D eigenvalue weighted by molar-refractivity contribution is 5.74. The van der Waals surface area contributed by atoms with E-state index in [0.29, 0.717) is 22.8 Å². The minimum absolute atomic E-state index is 0.564. The summed E-state index contributed by atoms with van der Waals surface area (Å²) >= 11 is 0. The normalized spacial score (nSPS) is 10.8. The zero-order valence-electron chi connectivity index (χ0n) is 8.42. The van der Waals surface area contributed by atoms with Crippen LogP contribution in [0.15, 0.2) is 47.0 Å². The van der Waals surface area contributed by atoms with E-state index in [1.165, 1.54) is 0 Å². The molecular formula is C12H9N3O. The van der Waals surface area contributed by atoms with Crippen LogP contribution in [0.2, 0.25) is 0 Å².